The highest BCUT2D eigenvalue weighted by Gasteiger charge is 2.24. The van der Waals surface area contributed by atoms with E-state index in [1.165, 1.54) is 11.1 Å². The molecule has 5 rings (SSSR count). The Labute approximate surface area is 268 Å². The van der Waals surface area contributed by atoms with Crippen LogP contribution in [-0.2, 0) is 31.8 Å². The van der Waals surface area contributed by atoms with Gasteiger partial charge in [0, 0.05) is 23.5 Å². The number of ether oxygens (including phenoxy) is 4. The normalized spacial score (nSPS) is 13.3. The van der Waals surface area contributed by atoms with Crippen molar-refractivity contribution in [3.05, 3.63) is 125 Å². The Hall–Kier alpha value is -5.35. The van der Waals surface area contributed by atoms with Crippen molar-refractivity contribution in [3.8, 4) is 0 Å². The summed E-state index contributed by atoms with van der Waals surface area (Å²) in [6.07, 6.45) is 0.00233. The van der Waals surface area contributed by atoms with E-state index in [4.69, 9.17) is 18.9 Å². The summed E-state index contributed by atoms with van der Waals surface area (Å²) in [7, 11) is 0. The zero-order chi connectivity index (χ0) is 32.1. The third-order valence-electron chi connectivity index (χ3n) is 6.98. The Morgan fingerprint density at radius 3 is 1.48 bits per heavy atom. The molecule has 46 heavy (non-hydrogen) atoms. The second kappa shape index (κ2) is 16.1. The minimum Gasteiger partial charge on any atom is -0.449 e. The van der Waals surface area contributed by atoms with Gasteiger partial charge in [0.1, 0.15) is 12.7 Å². The minimum absolute atomic E-state index is 0.00685. The second-order valence-electron chi connectivity index (χ2n) is 11.0. The van der Waals surface area contributed by atoms with E-state index in [9.17, 15) is 14.4 Å². The fourth-order valence-electron chi connectivity index (χ4n) is 4.75. The van der Waals surface area contributed by atoms with Gasteiger partial charge in [-0.05, 0) is 78.4 Å². The third kappa shape index (κ3) is 11.0. The van der Waals surface area contributed by atoms with Gasteiger partial charge >= 0.3 is 18.3 Å². The first-order valence-electron chi connectivity index (χ1n) is 15.1. The van der Waals surface area contributed by atoms with Gasteiger partial charge in [-0.1, -0.05) is 66.2 Å². The molecule has 10 nitrogen and oxygen atoms in total. The number of carbonyl (C=O) groups excluding carboxylic acids is 3. The van der Waals surface area contributed by atoms with E-state index < -0.39 is 18.3 Å². The van der Waals surface area contributed by atoms with E-state index in [0.717, 1.165) is 23.1 Å². The van der Waals surface area contributed by atoms with Gasteiger partial charge in [-0.25, -0.2) is 14.4 Å². The molecular weight excluding hydrogens is 586 g/mol. The van der Waals surface area contributed by atoms with Gasteiger partial charge in [-0.15, -0.1) is 0 Å². The number of aryl methyl sites for hydroxylation is 1. The van der Waals surface area contributed by atoms with Crippen LogP contribution in [0.5, 0.6) is 0 Å². The van der Waals surface area contributed by atoms with Crippen LogP contribution in [0.15, 0.2) is 97.1 Å². The molecule has 1 aliphatic heterocycles. The summed E-state index contributed by atoms with van der Waals surface area (Å²) in [6.45, 7) is 3.10. The molecule has 0 aromatic heterocycles. The van der Waals surface area contributed by atoms with Crippen LogP contribution in [0.3, 0.4) is 0 Å². The van der Waals surface area contributed by atoms with Gasteiger partial charge in [0.25, 0.3) is 0 Å². The van der Waals surface area contributed by atoms with E-state index in [2.05, 4.69) is 41.1 Å². The molecule has 1 fully saturated rings. The lowest BCUT2D eigenvalue weighted by molar-refractivity contribution is 0.133. The third-order valence-corrected chi connectivity index (χ3v) is 6.98. The summed E-state index contributed by atoms with van der Waals surface area (Å²) in [4.78, 5) is 36.6. The molecule has 0 aliphatic carbocycles. The lowest BCUT2D eigenvalue weighted by Gasteiger charge is -2.11. The SMILES string of the molecule is Cc1cccc(Cc2cccc(NC(=O)OCCCOC(=O)Nc3cccc(Cc4cccc(NC(=O)OCC5CO5)c4)c3)c2)c1. The monoisotopic (exact) mass is 623 g/mol. The molecule has 1 atom stereocenters. The first-order valence-corrected chi connectivity index (χ1v) is 15.1. The number of nitrogens with one attached hydrogen (secondary N) is 3. The highest BCUT2D eigenvalue weighted by Crippen LogP contribution is 2.19. The molecule has 3 N–H and O–H groups in total. The van der Waals surface area contributed by atoms with Gasteiger partial charge < -0.3 is 18.9 Å². The number of epoxide rings is 1. The molecule has 10 heteroatoms. The molecule has 4 aromatic rings. The second-order valence-corrected chi connectivity index (χ2v) is 11.0. The van der Waals surface area contributed by atoms with Crippen LogP contribution in [-0.4, -0.2) is 50.8 Å². The average molecular weight is 624 g/mol. The number of carbonyl (C=O) groups is 3. The fourth-order valence-corrected chi connectivity index (χ4v) is 4.75. The van der Waals surface area contributed by atoms with Crippen molar-refractivity contribution in [1.29, 1.82) is 0 Å². The lowest BCUT2D eigenvalue weighted by Crippen LogP contribution is -2.18. The molecular formula is C36H37N3O7. The summed E-state index contributed by atoms with van der Waals surface area (Å²) < 4.78 is 20.7. The van der Waals surface area contributed by atoms with Gasteiger partial charge in [0.15, 0.2) is 0 Å². The van der Waals surface area contributed by atoms with Gasteiger partial charge in [-0.2, -0.15) is 0 Å². The van der Waals surface area contributed by atoms with Crippen LogP contribution < -0.4 is 16.0 Å². The van der Waals surface area contributed by atoms with Crippen LogP contribution in [0.2, 0.25) is 0 Å². The molecule has 0 spiro atoms. The Balaban J connectivity index is 0.989. The Morgan fingerprint density at radius 1 is 0.630 bits per heavy atom. The van der Waals surface area contributed by atoms with Crippen molar-refractivity contribution < 1.29 is 33.3 Å². The maximum atomic E-state index is 12.3. The summed E-state index contributed by atoms with van der Waals surface area (Å²) in [5.41, 5.74) is 7.28. The number of rotatable bonds is 13. The summed E-state index contributed by atoms with van der Waals surface area (Å²) in [5, 5.41) is 8.20. The van der Waals surface area contributed by atoms with Crippen molar-refractivity contribution in [2.24, 2.45) is 0 Å². The van der Waals surface area contributed by atoms with Crippen molar-refractivity contribution >= 4 is 35.3 Å². The first-order chi connectivity index (χ1) is 22.4. The molecule has 0 saturated carbocycles. The van der Waals surface area contributed by atoms with Gasteiger partial charge in [-0.3, -0.25) is 16.0 Å². The first kappa shape index (κ1) is 32.1. The van der Waals surface area contributed by atoms with Crippen molar-refractivity contribution in [2.45, 2.75) is 32.3 Å². The quantitative estimate of drug-likeness (QED) is 0.0809. The fraction of sp³-hybridized carbons (Fsp3) is 0.250. The highest BCUT2D eigenvalue weighted by atomic mass is 16.6. The zero-order valence-corrected chi connectivity index (χ0v) is 25.6. The van der Waals surface area contributed by atoms with Crippen LogP contribution >= 0.6 is 0 Å². The Morgan fingerprint density at radius 2 is 1.04 bits per heavy atom. The van der Waals surface area contributed by atoms with E-state index in [-0.39, 0.29) is 25.9 Å². The average Bonchev–Trinajstić information content (AvgIpc) is 3.85. The predicted molar refractivity (Wildman–Crippen MR) is 175 cm³/mol. The van der Waals surface area contributed by atoms with Crippen LogP contribution in [0, 0.1) is 6.92 Å². The zero-order valence-electron chi connectivity index (χ0n) is 25.6. The van der Waals surface area contributed by atoms with Gasteiger partial charge in [0.05, 0.1) is 19.8 Å². The van der Waals surface area contributed by atoms with Crippen LogP contribution in [0.1, 0.15) is 34.2 Å². The molecule has 1 aliphatic rings. The van der Waals surface area contributed by atoms with E-state index in [1.54, 1.807) is 12.1 Å². The van der Waals surface area contributed by atoms with E-state index in [1.807, 2.05) is 66.7 Å². The lowest BCUT2D eigenvalue weighted by atomic mass is 10.0. The molecule has 4 aromatic carbocycles. The standard InChI is InChI=1S/C36H37N3O7/c1-25-7-2-8-26(17-25)18-27-9-3-12-30(20-27)37-34(40)43-15-6-16-44-35(41)38-31-13-4-10-28(21-31)19-29-11-5-14-32(22-29)39-36(42)46-24-33-23-45-33/h2-5,7-14,17,20-22,33H,6,15-16,18-19,23-24H2,1H3,(H,37,40)(H,38,41)(H,39,42). The minimum atomic E-state index is -0.603. The maximum Gasteiger partial charge on any atom is 0.411 e. The molecule has 0 bridgehead atoms. The molecule has 1 heterocycles. The Kier molecular flexibility index (Phi) is 11.2. The smallest absolute Gasteiger partial charge is 0.411 e. The van der Waals surface area contributed by atoms with Crippen molar-refractivity contribution in [1.82, 2.24) is 0 Å². The number of hydrogen-bond donors (Lipinski definition) is 3. The summed E-state index contributed by atoms with van der Waals surface area (Å²) in [6, 6.07) is 30.8. The summed E-state index contributed by atoms with van der Waals surface area (Å²) >= 11 is 0. The summed E-state index contributed by atoms with van der Waals surface area (Å²) in [5.74, 6) is 0. The molecule has 1 saturated heterocycles. The van der Waals surface area contributed by atoms with E-state index in [0.29, 0.717) is 36.5 Å². The molecule has 1 unspecified atom stereocenters. The number of hydrogen-bond acceptors (Lipinski definition) is 7. The number of amides is 3. The molecule has 0 radical (unpaired) electrons. The van der Waals surface area contributed by atoms with Crippen LogP contribution in [0.25, 0.3) is 0 Å². The molecule has 3 amide bonds. The van der Waals surface area contributed by atoms with Crippen molar-refractivity contribution in [3.63, 3.8) is 0 Å². The number of benzene rings is 4. The molecule has 238 valence electrons. The predicted octanol–water partition coefficient (Wildman–Crippen LogP) is 7.31. The number of anilines is 3. The van der Waals surface area contributed by atoms with Crippen LogP contribution in [0.4, 0.5) is 31.4 Å². The maximum absolute atomic E-state index is 12.3. The van der Waals surface area contributed by atoms with Crippen molar-refractivity contribution in [2.75, 3.05) is 42.4 Å². The Bertz CT molecular complexity index is 1650. The largest absolute Gasteiger partial charge is 0.449 e. The van der Waals surface area contributed by atoms with E-state index >= 15 is 0 Å². The van der Waals surface area contributed by atoms with Gasteiger partial charge in [0.2, 0.25) is 0 Å². The highest BCUT2D eigenvalue weighted by molar-refractivity contribution is 5.86. The topological polar surface area (TPSA) is 128 Å².